The van der Waals surface area contributed by atoms with Crippen molar-refractivity contribution in [2.24, 2.45) is 0 Å². The molecule has 0 saturated carbocycles. The Labute approximate surface area is 84.3 Å². The number of nitro benzene ring substituents is 1. The Balaban J connectivity index is 3.26. The Hall–Kier alpha value is -1.98. The number of rotatable bonds is 3. The maximum absolute atomic E-state index is 13.4. The molecule has 0 spiro atoms. The maximum atomic E-state index is 13.4. The zero-order valence-corrected chi connectivity index (χ0v) is 7.81. The average molecular weight is 213 g/mol. The van der Waals surface area contributed by atoms with Crippen molar-refractivity contribution in [3.63, 3.8) is 0 Å². The highest BCUT2D eigenvalue weighted by molar-refractivity contribution is 5.76. The molecule has 0 aliphatic carbocycles. The van der Waals surface area contributed by atoms with Crippen LogP contribution in [0.25, 0.3) is 0 Å². The van der Waals surface area contributed by atoms with Crippen LogP contribution in [0.15, 0.2) is 18.2 Å². The molecular weight excluding hydrogens is 205 g/mol. The molecule has 0 heterocycles. The molecule has 80 valence electrons. The number of aliphatic carboxylic acids is 1. The van der Waals surface area contributed by atoms with E-state index < -0.39 is 28.3 Å². The smallest absolute Gasteiger partial charge is 0.310 e. The van der Waals surface area contributed by atoms with Crippen LogP contribution in [0, 0.1) is 15.9 Å². The Kier molecular flexibility index (Phi) is 2.99. The molecule has 0 bridgehead atoms. The molecule has 0 aromatic heterocycles. The lowest BCUT2D eigenvalue weighted by Crippen LogP contribution is -2.10. The van der Waals surface area contributed by atoms with Crippen molar-refractivity contribution < 1.29 is 19.2 Å². The zero-order chi connectivity index (χ0) is 11.6. The van der Waals surface area contributed by atoms with Crippen molar-refractivity contribution >= 4 is 11.7 Å². The van der Waals surface area contributed by atoms with Gasteiger partial charge in [-0.15, -0.1) is 0 Å². The molecule has 1 atom stereocenters. The normalized spacial score (nSPS) is 12.1. The van der Waals surface area contributed by atoms with Crippen molar-refractivity contribution in [3.05, 3.63) is 39.7 Å². The van der Waals surface area contributed by atoms with Gasteiger partial charge in [0.15, 0.2) is 0 Å². The first-order chi connectivity index (χ1) is 6.95. The van der Waals surface area contributed by atoms with Gasteiger partial charge in [-0.05, 0) is 6.92 Å². The Morgan fingerprint density at radius 1 is 1.60 bits per heavy atom. The number of hydrogen-bond acceptors (Lipinski definition) is 3. The number of nitro groups is 1. The third kappa shape index (κ3) is 2.09. The van der Waals surface area contributed by atoms with Crippen LogP contribution in [-0.4, -0.2) is 16.0 Å². The van der Waals surface area contributed by atoms with Crippen LogP contribution in [0.5, 0.6) is 0 Å². The lowest BCUT2D eigenvalue weighted by Gasteiger charge is -2.07. The Bertz CT molecular complexity index is 419. The minimum absolute atomic E-state index is 0.184. The summed E-state index contributed by atoms with van der Waals surface area (Å²) in [7, 11) is 0. The van der Waals surface area contributed by atoms with Crippen LogP contribution in [-0.2, 0) is 4.79 Å². The largest absolute Gasteiger partial charge is 0.481 e. The SMILES string of the molecule is CC(C(=O)O)c1cccc([N+](=O)[O-])c1F. The summed E-state index contributed by atoms with van der Waals surface area (Å²) >= 11 is 0. The van der Waals surface area contributed by atoms with Crippen molar-refractivity contribution in [2.45, 2.75) is 12.8 Å². The molecule has 0 fully saturated rings. The van der Waals surface area contributed by atoms with Gasteiger partial charge in [0, 0.05) is 11.6 Å². The second-order valence-corrected chi connectivity index (χ2v) is 3.00. The van der Waals surface area contributed by atoms with Crippen LogP contribution in [0.4, 0.5) is 10.1 Å². The number of carboxylic acids is 1. The molecule has 15 heavy (non-hydrogen) atoms. The zero-order valence-electron chi connectivity index (χ0n) is 7.81. The van der Waals surface area contributed by atoms with Gasteiger partial charge in [-0.25, -0.2) is 0 Å². The maximum Gasteiger partial charge on any atom is 0.310 e. The summed E-state index contributed by atoms with van der Waals surface area (Å²) in [5, 5.41) is 19.0. The first-order valence-electron chi connectivity index (χ1n) is 4.10. The monoisotopic (exact) mass is 213 g/mol. The quantitative estimate of drug-likeness (QED) is 0.614. The van der Waals surface area contributed by atoms with E-state index in [0.717, 1.165) is 6.07 Å². The fourth-order valence-corrected chi connectivity index (χ4v) is 1.15. The van der Waals surface area contributed by atoms with E-state index in [0.29, 0.717) is 0 Å². The molecule has 1 aromatic rings. The molecule has 1 unspecified atom stereocenters. The van der Waals surface area contributed by atoms with Gasteiger partial charge in [-0.2, -0.15) is 4.39 Å². The van der Waals surface area contributed by atoms with E-state index in [1.54, 1.807) is 0 Å². The topological polar surface area (TPSA) is 80.4 Å². The van der Waals surface area contributed by atoms with E-state index in [1.165, 1.54) is 19.1 Å². The highest BCUT2D eigenvalue weighted by atomic mass is 19.1. The molecule has 0 amide bonds. The number of carbonyl (C=O) groups is 1. The number of benzene rings is 1. The molecule has 0 aliphatic heterocycles. The van der Waals surface area contributed by atoms with Gasteiger partial charge >= 0.3 is 11.7 Å². The standard InChI is InChI=1S/C9H8FNO4/c1-5(9(12)13)6-3-2-4-7(8(6)10)11(14)15/h2-5H,1H3,(H,12,13). The van der Waals surface area contributed by atoms with Crippen LogP contribution < -0.4 is 0 Å². The van der Waals surface area contributed by atoms with Crippen LogP contribution >= 0.6 is 0 Å². The fraction of sp³-hybridized carbons (Fsp3) is 0.222. The van der Waals surface area contributed by atoms with E-state index in [4.69, 9.17) is 5.11 Å². The van der Waals surface area contributed by atoms with Crippen LogP contribution in [0.2, 0.25) is 0 Å². The van der Waals surface area contributed by atoms with Gasteiger partial charge in [-0.1, -0.05) is 12.1 Å². The summed E-state index contributed by atoms with van der Waals surface area (Å²) in [6.07, 6.45) is 0. The number of carboxylic acid groups (broad SMARTS) is 1. The summed E-state index contributed by atoms with van der Waals surface area (Å²) in [4.78, 5) is 20.1. The van der Waals surface area contributed by atoms with E-state index in [-0.39, 0.29) is 5.56 Å². The molecule has 0 saturated heterocycles. The van der Waals surface area contributed by atoms with Gasteiger partial charge in [-0.3, -0.25) is 14.9 Å². The fourth-order valence-electron chi connectivity index (χ4n) is 1.15. The summed E-state index contributed by atoms with van der Waals surface area (Å²) in [6.45, 7) is 1.27. The lowest BCUT2D eigenvalue weighted by atomic mass is 10.0. The van der Waals surface area contributed by atoms with Gasteiger partial charge in [0.25, 0.3) is 0 Å². The summed E-state index contributed by atoms with van der Waals surface area (Å²) in [5.41, 5.74) is -0.891. The number of halogens is 1. The summed E-state index contributed by atoms with van der Waals surface area (Å²) < 4.78 is 13.4. The average Bonchev–Trinajstić information content (AvgIpc) is 2.16. The molecule has 1 N–H and O–H groups in total. The highest BCUT2D eigenvalue weighted by Crippen LogP contribution is 2.26. The minimum Gasteiger partial charge on any atom is -0.481 e. The Morgan fingerprint density at radius 2 is 2.20 bits per heavy atom. The van der Waals surface area contributed by atoms with Crippen LogP contribution in [0.1, 0.15) is 18.4 Å². The first kappa shape index (κ1) is 11.1. The molecule has 1 rings (SSSR count). The molecule has 0 radical (unpaired) electrons. The van der Waals surface area contributed by atoms with Crippen molar-refractivity contribution in [1.29, 1.82) is 0 Å². The third-order valence-corrected chi connectivity index (χ3v) is 2.04. The van der Waals surface area contributed by atoms with Crippen molar-refractivity contribution in [2.75, 3.05) is 0 Å². The van der Waals surface area contributed by atoms with E-state index in [9.17, 15) is 19.3 Å². The number of hydrogen-bond donors (Lipinski definition) is 1. The first-order valence-corrected chi connectivity index (χ1v) is 4.10. The second-order valence-electron chi connectivity index (χ2n) is 3.00. The number of nitrogens with zero attached hydrogens (tertiary/aromatic N) is 1. The summed E-state index contributed by atoms with van der Waals surface area (Å²) in [6, 6.07) is 3.48. The van der Waals surface area contributed by atoms with E-state index in [1.807, 2.05) is 0 Å². The highest BCUT2D eigenvalue weighted by Gasteiger charge is 2.24. The molecular formula is C9H8FNO4. The molecule has 1 aromatic carbocycles. The Morgan fingerprint density at radius 3 is 2.67 bits per heavy atom. The summed E-state index contributed by atoms with van der Waals surface area (Å²) in [5.74, 6) is -3.42. The van der Waals surface area contributed by atoms with Gasteiger partial charge in [0.2, 0.25) is 5.82 Å². The second kappa shape index (κ2) is 4.04. The van der Waals surface area contributed by atoms with Crippen LogP contribution in [0.3, 0.4) is 0 Å². The van der Waals surface area contributed by atoms with E-state index in [2.05, 4.69) is 0 Å². The molecule has 6 heteroatoms. The van der Waals surface area contributed by atoms with Gasteiger partial charge in [0.05, 0.1) is 10.8 Å². The predicted molar refractivity (Wildman–Crippen MR) is 49.1 cm³/mol. The third-order valence-electron chi connectivity index (χ3n) is 2.04. The van der Waals surface area contributed by atoms with Gasteiger partial charge < -0.3 is 5.11 Å². The lowest BCUT2D eigenvalue weighted by molar-refractivity contribution is -0.387. The van der Waals surface area contributed by atoms with Crippen molar-refractivity contribution in [3.8, 4) is 0 Å². The van der Waals surface area contributed by atoms with Gasteiger partial charge in [0.1, 0.15) is 0 Å². The molecule has 0 aliphatic rings. The molecule has 5 nitrogen and oxygen atoms in total. The minimum atomic E-state index is -1.23. The van der Waals surface area contributed by atoms with E-state index >= 15 is 0 Å². The van der Waals surface area contributed by atoms with Crippen molar-refractivity contribution in [1.82, 2.24) is 0 Å². The predicted octanol–water partition coefficient (Wildman–Crippen LogP) is 1.92.